The number of hydrogen-bond acceptors (Lipinski definition) is 0. The van der Waals surface area contributed by atoms with Crippen molar-refractivity contribution < 1.29 is 4.11 Å². The van der Waals surface area contributed by atoms with E-state index < -0.39 is 0 Å². The maximum atomic E-state index is 10.2. The molecule has 0 radical (unpaired) electrons. The van der Waals surface area contributed by atoms with Crippen molar-refractivity contribution in [3.8, 4) is 44.5 Å². The number of rotatable bonds is 4. The van der Waals surface area contributed by atoms with Crippen LogP contribution in [0.4, 0.5) is 0 Å². The highest BCUT2D eigenvalue weighted by atomic mass is 14.2. The molecule has 0 aromatic heterocycles. The highest BCUT2D eigenvalue weighted by Crippen LogP contribution is 2.45. The molecule has 11 rings (SSSR count). The van der Waals surface area contributed by atoms with Crippen LogP contribution in [0.25, 0.3) is 109 Å². The molecule has 0 aliphatic heterocycles. The molecule has 11 aromatic rings. The van der Waals surface area contributed by atoms with Crippen molar-refractivity contribution in [3.63, 3.8) is 0 Å². The van der Waals surface area contributed by atoms with Gasteiger partial charge in [0.05, 0.1) is 4.11 Å². The highest BCUT2D eigenvalue weighted by molar-refractivity contribution is 6.27. The van der Waals surface area contributed by atoms with E-state index in [1.165, 1.54) is 32.3 Å². The lowest BCUT2D eigenvalue weighted by Gasteiger charge is -2.19. The van der Waals surface area contributed by atoms with Crippen molar-refractivity contribution in [1.82, 2.24) is 0 Å². The largest absolute Gasteiger partial charge is 0.0636 e. The SMILES string of the molecule is [2H]c1c([2H])c(-c2cccc(-c3ccccc3)c2)c(-c2ccc3ccc4cccc5ccc2c3c45)c([2H])c1-c1ccc2ccc3cccc4ccc1c2c34. The van der Waals surface area contributed by atoms with Gasteiger partial charge in [-0.05, 0) is 121 Å². The molecule has 0 aliphatic carbocycles. The van der Waals surface area contributed by atoms with Crippen molar-refractivity contribution in [2.75, 3.05) is 0 Å². The molecule has 0 fully saturated rings. The van der Waals surface area contributed by atoms with Crippen LogP contribution in [0.2, 0.25) is 0 Å². The van der Waals surface area contributed by atoms with Crippen molar-refractivity contribution >= 4 is 64.6 Å². The molecule has 0 spiro atoms. The fraction of sp³-hybridized carbons (Fsp3) is 0. The lowest BCUT2D eigenvalue weighted by atomic mass is 9.84. The zero-order chi connectivity index (χ0) is 35.4. The topological polar surface area (TPSA) is 0 Å². The van der Waals surface area contributed by atoms with Crippen molar-refractivity contribution in [2.24, 2.45) is 0 Å². The Labute approximate surface area is 294 Å². The second kappa shape index (κ2) is 10.5. The monoisotopic (exact) mass is 633 g/mol. The minimum atomic E-state index is 0.0617. The first-order chi connectivity index (χ1) is 26.0. The van der Waals surface area contributed by atoms with Gasteiger partial charge in [0.15, 0.2) is 0 Å². The Morgan fingerprint density at radius 1 is 0.280 bits per heavy atom. The summed E-state index contributed by atoms with van der Waals surface area (Å²) in [5.41, 5.74) is 6.39. The maximum absolute atomic E-state index is 10.2. The van der Waals surface area contributed by atoms with E-state index in [4.69, 9.17) is 0 Å². The quantitative estimate of drug-likeness (QED) is 0.169. The van der Waals surface area contributed by atoms with Crippen LogP contribution in [0.5, 0.6) is 0 Å². The van der Waals surface area contributed by atoms with Gasteiger partial charge in [0, 0.05) is 0 Å². The lowest BCUT2D eigenvalue weighted by Crippen LogP contribution is -1.92. The Bertz CT molecular complexity index is 3220. The van der Waals surface area contributed by atoms with Crippen LogP contribution in [0, 0.1) is 0 Å². The van der Waals surface area contributed by atoms with Crippen LogP contribution in [0.15, 0.2) is 182 Å². The molecule has 0 atom stereocenters. The van der Waals surface area contributed by atoms with Crippen molar-refractivity contribution in [2.45, 2.75) is 0 Å². The third-order valence-electron chi connectivity index (χ3n) is 10.7. The van der Waals surface area contributed by atoms with E-state index in [2.05, 4.69) is 133 Å². The minimum Gasteiger partial charge on any atom is -0.0622 e. The fourth-order valence-corrected chi connectivity index (χ4v) is 8.35. The van der Waals surface area contributed by atoms with Crippen LogP contribution in [0.1, 0.15) is 4.11 Å². The van der Waals surface area contributed by atoms with E-state index in [1.807, 2.05) is 30.3 Å². The van der Waals surface area contributed by atoms with E-state index >= 15 is 0 Å². The fourth-order valence-electron chi connectivity index (χ4n) is 8.35. The van der Waals surface area contributed by atoms with Gasteiger partial charge < -0.3 is 0 Å². The van der Waals surface area contributed by atoms with Crippen molar-refractivity contribution in [3.05, 3.63) is 182 Å². The van der Waals surface area contributed by atoms with Crippen LogP contribution < -0.4 is 0 Å². The average Bonchev–Trinajstić information content (AvgIpc) is 3.21. The smallest absolute Gasteiger partial charge is 0.0622 e. The predicted molar refractivity (Wildman–Crippen MR) is 216 cm³/mol. The number of hydrogen-bond donors (Lipinski definition) is 0. The standard InChI is InChI=1S/C50H30/c1-2-7-31(8-3-1)38-13-6-14-39(29-38)42-25-23-40(41-24-19-36-17-15-32-9-4-11-34-21-27-44(41)49(36)47(32)34)30-46(42)43-26-20-37-18-16-33-10-5-12-35-22-28-45(43)50(37)48(33)35/h1-30H/i23D,25D,30D. The molecule has 0 aliphatic rings. The van der Waals surface area contributed by atoms with Crippen LogP contribution >= 0.6 is 0 Å². The molecule has 0 unspecified atom stereocenters. The Morgan fingerprint density at radius 2 is 0.760 bits per heavy atom. The molecule has 0 amide bonds. The molecule has 0 heteroatoms. The van der Waals surface area contributed by atoms with Gasteiger partial charge in [0.1, 0.15) is 0 Å². The molecule has 50 heavy (non-hydrogen) atoms. The molecular formula is C50H30. The second-order valence-electron chi connectivity index (χ2n) is 13.4. The van der Waals surface area contributed by atoms with Gasteiger partial charge in [0.2, 0.25) is 0 Å². The van der Waals surface area contributed by atoms with Crippen molar-refractivity contribution in [1.29, 1.82) is 0 Å². The van der Waals surface area contributed by atoms with E-state index in [1.54, 1.807) is 0 Å². The average molecular weight is 634 g/mol. The van der Waals surface area contributed by atoms with E-state index in [-0.39, 0.29) is 18.1 Å². The normalized spacial score (nSPS) is 12.8. The molecule has 230 valence electrons. The molecule has 11 aromatic carbocycles. The summed E-state index contributed by atoms with van der Waals surface area (Å²) in [6.07, 6.45) is 0. The Hall–Kier alpha value is -6.50. The first-order valence-corrected chi connectivity index (χ1v) is 17.2. The Balaban J connectivity index is 1.27. The summed E-state index contributed by atoms with van der Waals surface area (Å²) in [7, 11) is 0. The summed E-state index contributed by atoms with van der Waals surface area (Å²) in [4.78, 5) is 0. The van der Waals surface area contributed by atoms with Gasteiger partial charge in [-0.2, -0.15) is 0 Å². The Kier molecular flexibility index (Phi) is 5.17. The van der Waals surface area contributed by atoms with Gasteiger partial charge in [-0.25, -0.2) is 0 Å². The summed E-state index contributed by atoms with van der Waals surface area (Å²) < 4.78 is 29.8. The third kappa shape index (κ3) is 4.00. The van der Waals surface area contributed by atoms with E-state index in [0.29, 0.717) is 16.7 Å². The highest BCUT2D eigenvalue weighted by Gasteiger charge is 2.18. The summed E-state index contributed by atoms with van der Waals surface area (Å²) >= 11 is 0. The molecule has 0 heterocycles. The molecular weight excluding hydrogens is 601 g/mol. The van der Waals surface area contributed by atoms with Gasteiger partial charge in [-0.1, -0.05) is 170 Å². The molecule has 0 saturated carbocycles. The zero-order valence-corrected chi connectivity index (χ0v) is 27.1. The summed E-state index contributed by atoms with van der Waals surface area (Å²) in [6.45, 7) is 0. The first kappa shape index (κ1) is 24.6. The maximum Gasteiger partial charge on any atom is 0.0636 e. The summed E-state index contributed by atoms with van der Waals surface area (Å²) in [6, 6.07) is 57.5. The molecule has 0 bridgehead atoms. The van der Waals surface area contributed by atoms with Crippen LogP contribution in [-0.2, 0) is 0 Å². The van der Waals surface area contributed by atoms with Gasteiger partial charge >= 0.3 is 0 Å². The lowest BCUT2D eigenvalue weighted by molar-refractivity contribution is 1.57. The molecule has 0 saturated heterocycles. The van der Waals surface area contributed by atoms with Crippen LogP contribution in [0.3, 0.4) is 0 Å². The van der Waals surface area contributed by atoms with Gasteiger partial charge in [0.25, 0.3) is 0 Å². The minimum absolute atomic E-state index is 0.0617. The zero-order valence-electron chi connectivity index (χ0n) is 30.1. The summed E-state index contributed by atoms with van der Waals surface area (Å²) in [5, 5.41) is 13.7. The first-order valence-electron chi connectivity index (χ1n) is 18.7. The van der Waals surface area contributed by atoms with Gasteiger partial charge in [-0.15, -0.1) is 0 Å². The number of benzene rings is 11. The summed E-state index contributed by atoms with van der Waals surface area (Å²) in [5.74, 6) is 0. The third-order valence-corrected chi connectivity index (χ3v) is 10.7. The molecule has 0 N–H and O–H groups in total. The van der Waals surface area contributed by atoms with E-state index in [9.17, 15) is 4.11 Å². The van der Waals surface area contributed by atoms with Crippen LogP contribution in [-0.4, -0.2) is 0 Å². The molecule has 0 nitrogen and oxygen atoms in total. The predicted octanol–water partition coefficient (Wildman–Crippen LogP) is 14.1. The van der Waals surface area contributed by atoms with Gasteiger partial charge in [-0.3, -0.25) is 0 Å². The second-order valence-corrected chi connectivity index (χ2v) is 13.4. The van der Waals surface area contributed by atoms with E-state index in [0.717, 1.165) is 60.1 Å². The Morgan fingerprint density at radius 3 is 1.40 bits per heavy atom.